The summed E-state index contributed by atoms with van der Waals surface area (Å²) in [6, 6.07) is 0.256. The molecule has 3 aliphatic heterocycles. The quantitative estimate of drug-likeness (QED) is 0.603. The molecule has 3 unspecified atom stereocenters. The van der Waals surface area contributed by atoms with Gasteiger partial charge in [0.05, 0.1) is 37.9 Å². The van der Waals surface area contributed by atoms with E-state index in [2.05, 4.69) is 10.3 Å². The first-order valence-corrected chi connectivity index (χ1v) is 5.01. The summed E-state index contributed by atoms with van der Waals surface area (Å²) in [4.78, 5) is 12.2. The van der Waals surface area contributed by atoms with Gasteiger partial charge in [-0.3, -0.25) is 5.01 Å². The van der Waals surface area contributed by atoms with Crippen molar-refractivity contribution in [2.75, 3.05) is 26.2 Å². The average molecular weight is 212 g/mol. The van der Waals surface area contributed by atoms with E-state index in [4.69, 9.17) is 9.84 Å². The van der Waals surface area contributed by atoms with Crippen molar-refractivity contribution in [3.05, 3.63) is 0 Å². The Morgan fingerprint density at radius 3 is 3.13 bits per heavy atom. The van der Waals surface area contributed by atoms with Gasteiger partial charge in [-0.15, -0.1) is 0 Å². The molecule has 0 aromatic carbocycles. The van der Waals surface area contributed by atoms with Crippen molar-refractivity contribution < 1.29 is 14.6 Å². The third-order valence-electron chi connectivity index (χ3n) is 3.18. The van der Waals surface area contributed by atoms with Crippen molar-refractivity contribution in [1.82, 2.24) is 9.91 Å². The number of carbonyl (C=O) groups is 1. The standard InChI is InChI=1S/C8H12N4O3/c13-8(14)11-2-6-7(3-11)15-4-5-1-9-10-12(5)6/h5-7H,1-4H2,(H,13,14). The first kappa shape index (κ1) is 8.90. The number of carboxylic acid groups (broad SMARTS) is 1. The van der Waals surface area contributed by atoms with Crippen molar-refractivity contribution in [1.29, 1.82) is 0 Å². The highest BCUT2D eigenvalue weighted by molar-refractivity contribution is 5.65. The summed E-state index contributed by atoms with van der Waals surface area (Å²) in [6.45, 7) is 2.17. The van der Waals surface area contributed by atoms with Crippen LogP contribution in [0.2, 0.25) is 0 Å². The molecule has 3 atom stereocenters. The van der Waals surface area contributed by atoms with E-state index in [1.165, 1.54) is 4.90 Å². The molecule has 15 heavy (non-hydrogen) atoms. The summed E-state index contributed by atoms with van der Waals surface area (Å²) in [5.74, 6) is 0. The summed E-state index contributed by atoms with van der Waals surface area (Å²) >= 11 is 0. The molecule has 2 fully saturated rings. The Balaban J connectivity index is 1.78. The maximum Gasteiger partial charge on any atom is 0.407 e. The molecule has 7 heteroatoms. The highest BCUT2D eigenvalue weighted by Gasteiger charge is 2.46. The van der Waals surface area contributed by atoms with E-state index in [1.807, 2.05) is 5.01 Å². The summed E-state index contributed by atoms with van der Waals surface area (Å²) in [5.41, 5.74) is 0. The minimum Gasteiger partial charge on any atom is -0.465 e. The van der Waals surface area contributed by atoms with E-state index < -0.39 is 6.09 Å². The Bertz CT molecular complexity index is 321. The molecular formula is C8H12N4O3. The third kappa shape index (κ3) is 1.26. The van der Waals surface area contributed by atoms with Gasteiger partial charge in [0.2, 0.25) is 0 Å². The normalized spacial score (nSPS) is 38.0. The Kier molecular flexibility index (Phi) is 1.82. The lowest BCUT2D eigenvalue weighted by atomic mass is 10.1. The SMILES string of the molecule is O=C(O)N1CC2OCC3CN=NN3C2C1. The fourth-order valence-corrected chi connectivity index (χ4v) is 2.39. The number of rotatable bonds is 0. The Labute approximate surface area is 86.3 Å². The third-order valence-corrected chi connectivity index (χ3v) is 3.18. The van der Waals surface area contributed by atoms with E-state index >= 15 is 0 Å². The molecule has 0 saturated carbocycles. The molecule has 2 saturated heterocycles. The number of morpholine rings is 1. The van der Waals surface area contributed by atoms with Crippen LogP contribution in [0.25, 0.3) is 0 Å². The topological polar surface area (TPSA) is 77.7 Å². The molecule has 0 aromatic heterocycles. The lowest BCUT2D eigenvalue weighted by Gasteiger charge is -2.36. The molecule has 3 aliphatic rings. The summed E-state index contributed by atoms with van der Waals surface area (Å²) in [5, 5.41) is 18.8. The number of hydrogen-bond donors (Lipinski definition) is 1. The number of fused-ring (bicyclic) bond motifs is 3. The van der Waals surface area contributed by atoms with Crippen molar-refractivity contribution in [3.63, 3.8) is 0 Å². The summed E-state index contributed by atoms with van der Waals surface area (Å²) in [7, 11) is 0. The molecule has 0 bridgehead atoms. The van der Waals surface area contributed by atoms with Crippen molar-refractivity contribution in [2.24, 2.45) is 10.3 Å². The Hall–Kier alpha value is -1.37. The van der Waals surface area contributed by atoms with Crippen molar-refractivity contribution in [3.8, 4) is 0 Å². The molecule has 0 spiro atoms. The van der Waals surface area contributed by atoms with E-state index in [1.54, 1.807) is 0 Å². The van der Waals surface area contributed by atoms with Gasteiger partial charge in [-0.2, -0.15) is 5.11 Å². The van der Waals surface area contributed by atoms with Crippen LogP contribution in [0.3, 0.4) is 0 Å². The molecule has 0 aromatic rings. The minimum absolute atomic E-state index is 0.0469. The smallest absolute Gasteiger partial charge is 0.407 e. The van der Waals surface area contributed by atoms with Crippen LogP contribution in [0.4, 0.5) is 4.79 Å². The van der Waals surface area contributed by atoms with Crippen LogP contribution in [0, 0.1) is 0 Å². The molecule has 0 radical (unpaired) electrons. The zero-order chi connectivity index (χ0) is 10.4. The summed E-state index contributed by atoms with van der Waals surface area (Å²) in [6.07, 6.45) is -0.935. The maximum absolute atomic E-state index is 10.8. The second-order valence-corrected chi connectivity index (χ2v) is 4.07. The predicted molar refractivity (Wildman–Crippen MR) is 48.5 cm³/mol. The first-order chi connectivity index (χ1) is 7.25. The average Bonchev–Trinajstić information content (AvgIpc) is 2.82. The van der Waals surface area contributed by atoms with Crippen molar-refractivity contribution in [2.45, 2.75) is 18.2 Å². The molecule has 7 nitrogen and oxygen atoms in total. The highest BCUT2D eigenvalue weighted by atomic mass is 16.5. The lowest BCUT2D eigenvalue weighted by Crippen LogP contribution is -2.52. The van der Waals surface area contributed by atoms with Crippen LogP contribution >= 0.6 is 0 Å². The number of amides is 1. The molecular weight excluding hydrogens is 200 g/mol. The molecule has 3 rings (SSSR count). The fourth-order valence-electron chi connectivity index (χ4n) is 2.39. The zero-order valence-electron chi connectivity index (χ0n) is 8.11. The van der Waals surface area contributed by atoms with Gasteiger partial charge in [-0.1, -0.05) is 5.22 Å². The molecule has 82 valence electrons. The number of hydrogen-bond acceptors (Lipinski definition) is 5. The van der Waals surface area contributed by atoms with Crippen LogP contribution in [-0.2, 0) is 4.74 Å². The highest BCUT2D eigenvalue weighted by Crippen LogP contribution is 2.29. The van der Waals surface area contributed by atoms with E-state index in [-0.39, 0.29) is 18.2 Å². The van der Waals surface area contributed by atoms with Gasteiger partial charge in [0, 0.05) is 6.54 Å². The first-order valence-electron chi connectivity index (χ1n) is 5.01. The van der Waals surface area contributed by atoms with Gasteiger partial charge in [-0.05, 0) is 0 Å². The van der Waals surface area contributed by atoms with Gasteiger partial charge in [0.25, 0.3) is 0 Å². The molecule has 0 aliphatic carbocycles. The number of nitrogens with zero attached hydrogens (tertiary/aromatic N) is 4. The Morgan fingerprint density at radius 1 is 1.47 bits per heavy atom. The number of ether oxygens (including phenoxy) is 1. The van der Waals surface area contributed by atoms with Gasteiger partial charge >= 0.3 is 6.09 Å². The van der Waals surface area contributed by atoms with Gasteiger partial charge in [0.1, 0.15) is 0 Å². The van der Waals surface area contributed by atoms with Crippen LogP contribution in [0.15, 0.2) is 10.3 Å². The second kappa shape index (κ2) is 3.06. The largest absolute Gasteiger partial charge is 0.465 e. The maximum atomic E-state index is 10.8. The minimum atomic E-state index is -0.888. The Morgan fingerprint density at radius 2 is 2.33 bits per heavy atom. The van der Waals surface area contributed by atoms with Crippen LogP contribution in [0.1, 0.15) is 0 Å². The molecule has 1 amide bonds. The van der Waals surface area contributed by atoms with E-state index in [0.29, 0.717) is 26.2 Å². The van der Waals surface area contributed by atoms with Crippen molar-refractivity contribution >= 4 is 6.09 Å². The monoisotopic (exact) mass is 212 g/mol. The van der Waals surface area contributed by atoms with Gasteiger partial charge < -0.3 is 14.7 Å². The van der Waals surface area contributed by atoms with E-state index in [9.17, 15) is 4.79 Å². The van der Waals surface area contributed by atoms with Crippen LogP contribution in [0.5, 0.6) is 0 Å². The van der Waals surface area contributed by atoms with Gasteiger partial charge in [-0.25, -0.2) is 4.79 Å². The second-order valence-electron chi connectivity index (χ2n) is 4.07. The molecule has 1 N–H and O–H groups in total. The van der Waals surface area contributed by atoms with Crippen LogP contribution in [-0.4, -0.2) is 65.5 Å². The van der Waals surface area contributed by atoms with Gasteiger partial charge in [0.15, 0.2) is 0 Å². The van der Waals surface area contributed by atoms with Crippen LogP contribution < -0.4 is 0 Å². The zero-order valence-corrected chi connectivity index (χ0v) is 8.11. The summed E-state index contributed by atoms with van der Waals surface area (Å²) < 4.78 is 5.63. The van der Waals surface area contributed by atoms with E-state index in [0.717, 1.165) is 0 Å². The molecule has 3 heterocycles. The fraction of sp³-hybridized carbons (Fsp3) is 0.875. The number of likely N-dealkylation sites (tertiary alicyclic amines) is 1. The predicted octanol–water partition coefficient (Wildman–Crippen LogP) is -0.201. The lowest BCUT2D eigenvalue weighted by molar-refractivity contribution is -0.0705.